The molecule has 1 aliphatic carbocycles. The van der Waals surface area contributed by atoms with Gasteiger partial charge in [0.05, 0.1) is 16.8 Å². The van der Waals surface area contributed by atoms with Crippen LogP contribution in [0.5, 0.6) is 0 Å². The second kappa shape index (κ2) is 9.35. The predicted molar refractivity (Wildman–Crippen MR) is 134 cm³/mol. The molecule has 1 saturated carbocycles. The summed E-state index contributed by atoms with van der Waals surface area (Å²) in [6.07, 6.45) is 1.36. The number of rotatable bonds is 6. The Bertz CT molecular complexity index is 1440. The van der Waals surface area contributed by atoms with Gasteiger partial charge in [0.15, 0.2) is 0 Å². The van der Waals surface area contributed by atoms with Crippen molar-refractivity contribution in [3.63, 3.8) is 0 Å². The van der Waals surface area contributed by atoms with Gasteiger partial charge in [-0.1, -0.05) is 54.6 Å². The third-order valence-electron chi connectivity index (χ3n) is 6.57. The van der Waals surface area contributed by atoms with E-state index in [9.17, 15) is 19.5 Å². The smallest absolute Gasteiger partial charge is 0.328 e. The summed E-state index contributed by atoms with van der Waals surface area (Å²) < 4.78 is 1.16. The van der Waals surface area contributed by atoms with Gasteiger partial charge in [-0.15, -0.1) is 11.8 Å². The zero-order valence-electron chi connectivity index (χ0n) is 18.4. The molecule has 5 rings (SSSR count). The highest BCUT2D eigenvalue weighted by Crippen LogP contribution is 2.43. The molecule has 3 atom stereocenters. The first-order valence-corrected chi connectivity index (χ1v) is 12.2. The highest BCUT2D eigenvalue weighted by atomic mass is 32.2. The lowest BCUT2D eigenvalue weighted by Gasteiger charge is -2.21. The SMILES string of the molecule is O=C(O)C1C(Cn2c(=O)[nH]c3ccccc3c2=O)CCC1Sc1ccc(-c2ccccc2)cc1. The number of carboxylic acids is 1. The average molecular weight is 473 g/mol. The largest absolute Gasteiger partial charge is 0.481 e. The molecular weight excluding hydrogens is 448 g/mol. The van der Waals surface area contributed by atoms with Gasteiger partial charge < -0.3 is 10.1 Å². The number of nitrogens with one attached hydrogen (secondary N) is 1. The molecule has 0 saturated heterocycles. The van der Waals surface area contributed by atoms with Crippen molar-refractivity contribution in [1.29, 1.82) is 0 Å². The molecule has 0 bridgehead atoms. The van der Waals surface area contributed by atoms with Crippen LogP contribution >= 0.6 is 11.8 Å². The second-order valence-corrected chi connectivity index (χ2v) is 9.95. The molecular formula is C27H24N2O4S. The molecule has 1 fully saturated rings. The van der Waals surface area contributed by atoms with Gasteiger partial charge in [0.1, 0.15) is 0 Å². The summed E-state index contributed by atoms with van der Waals surface area (Å²) >= 11 is 1.56. The molecule has 4 aromatic rings. The topological polar surface area (TPSA) is 92.2 Å². The first-order valence-electron chi connectivity index (χ1n) is 11.3. The molecule has 6 nitrogen and oxygen atoms in total. The summed E-state index contributed by atoms with van der Waals surface area (Å²) in [5.74, 6) is -1.82. The molecule has 0 aliphatic heterocycles. The number of aliphatic carboxylic acids is 1. The van der Waals surface area contributed by atoms with Gasteiger partial charge in [-0.25, -0.2) is 4.79 Å². The third-order valence-corrected chi connectivity index (χ3v) is 7.95. The van der Waals surface area contributed by atoms with Crippen molar-refractivity contribution in [2.24, 2.45) is 11.8 Å². The van der Waals surface area contributed by atoms with Crippen molar-refractivity contribution in [1.82, 2.24) is 9.55 Å². The number of nitrogens with zero attached hydrogens (tertiary/aromatic N) is 1. The van der Waals surface area contributed by atoms with Crippen molar-refractivity contribution in [3.05, 3.63) is 99.7 Å². The maximum absolute atomic E-state index is 12.9. The Balaban J connectivity index is 1.36. The van der Waals surface area contributed by atoms with E-state index in [1.54, 1.807) is 36.0 Å². The van der Waals surface area contributed by atoms with Crippen LogP contribution in [0.15, 0.2) is 93.3 Å². The molecule has 7 heteroatoms. The van der Waals surface area contributed by atoms with Crippen molar-refractivity contribution in [3.8, 4) is 11.1 Å². The summed E-state index contributed by atoms with van der Waals surface area (Å²) in [4.78, 5) is 41.5. The number of thioether (sulfide) groups is 1. The lowest BCUT2D eigenvalue weighted by Crippen LogP contribution is -2.39. The molecule has 0 amide bonds. The van der Waals surface area contributed by atoms with E-state index in [1.807, 2.05) is 42.5 Å². The van der Waals surface area contributed by atoms with Crippen molar-refractivity contribution in [2.75, 3.05) is 0 Å². The summed E-state index contributed by atoms with van der Waals surface area (Å²) in [6, 6.07) is 25.1. The zero-order chi connectivity index (χ0) is 23.7. The van der Waals surface area contributed by atoms with Crippen LogP contribution in [0.25, 0.3) is 22.0 Å². The highest BCUT2D eigenvalue weighted by molar-refractivity contribution is 8.00. The third kappa shape index (κ3) is 4.31. The molecule has 1 aliphatic rings. The summed E-state index contributed by atoms with van der Waals surface area (Å²) in [7, 11) is 0. The Morgan fingerprint density at radius 2 is 1.59 bits per heavy atom. The Hall–Kier alpha value is -3.58. The van der Waals surface area contributed by atoms with Crippen LogP contribution in [0.4, 0.5) is 0 Å². The number of carboxylic acid groups (broad SMARTS) is 1. The van der Waals surface area contributed by atoms with E-state index in [2.05, 4.69) is 17.1 Å². The zero-order valence-corrected chi connectivity index (χ0v) is 19.2. The molecule has 1 heterocycles. The maximum atomic E-state index is 12.9. The van der Waals surface area contributed by atoms with Crippen LogP contribution < -0.4 is 11.2 Å². The fourth-order valence-electron chi connectivity index (χ4n) is 4.87. The molecule has 34 heavy (non-hydrogen) atoms. The van der Waals surface area contributed by atoms with E-state index in [0.717, 1.165) is 20.6 Å². The number of hydrogen-bond donors (Lipinski definition) is 2. The molecule has 3 aromatic carbocycles. The number of fused-ring (bicyclic) bond motifs is 1. The Kier molecular flexibility index (Phi) is 6.11. The van der Waals surface area contributed by atoms with Crippen molar-refractivity contribution in [2.45, 2.75) is 29.5 Å². The van der Waals surface area contributed by atoms with E-state index >= 15 is 0 Å². The molecule has 3 unspecified atom stereocenters. The van der Waals surface area contributed by atoms with Gasteiger partial charge in [0.25, 0.3) is 5.56 Å². The van der Waals surface area contributed by atoms with Crippen LogP contribution in [0.1, 0.15) is 12.8 Å². The number of para-hydroxylation sites is 1. The summed E-state index contributed by atoms with van der Waals surface area (Å²) in [5, 5.41) is 10.3. The van der Waals surface area contributed by atoms with Crippen LogP contribution in [0.3, 0.4) is 0 Å². The highest BCUT2D eigenvalue weighted by Gasteiger charge is 2.42. The molecule has 1 aromatic heterocycles. The molecule has 172 valence electrons. The minimum Gasteiger partial charge on any atom is -0.481 e. The monoisotopic (exact) mass is 472 g/mol. The normalized spacial score (nSPS) is 19.9. The average Bonchev–Trinajstić information content (AvgIpc) is 3.25. The van der Waals surface area contributed by atoms with E-state index in [4.69, 9.17) is 0 Å². The standard InChI is InChI=1S/C27H24N2O4S/c30-25-21-8-4-5-9-22(21)28-27(33)29(25)16-19-12-15-23(24(19)26(31)32)34-20-13-10-18(11-14-20)17-6-2-1-3-7-17/h1-11,13-14,19,23-24H,12,15-16H2,(H,28,33)(H,31,32). The van der Waals surface area contributed by atoms with Gasteiger partial charge in [-0.2, -0.15) is 0 Å². The quantitative estimate of drug-likeness (QED) is 0.427. The fraction of sp³-hybridized carbons (Fsp3) is 0.222. The summed E-state index contributed by atoms with van der Waals surface area (Å²) in [6.45, 7) is 0.0972. The second-order valence-electron chi connectivity index (χ2n) is 8.64. The van der Waals surface area contributed by atoms with Gasteiger partial charge in [-0.3, -0.25) is 14.2 Å². The number of hydrogen-bond acceptors (Lipinski definition) is 4. The Morgan fingerprint density at radius 3 is 2.32 bits per heavy atom. The molecule has 2 N–H and O–H groups in total. The van der Waals surface area contributed by atoms with Gasteiger partial charge >= 0.3 is 11.7 Å². The van der Waals surface area contributed by atoms with Gasteiger partial charge in [0, 0.05) is 16.7 Å². The number of aromatic amines is 1. The summed E-state index contributed by atoms with van der Waals surface area (Å²) in [5.41, 5.74) is 1.85. The minimum atomic E-state index is -0.883. The number of carbonyl (C=O) groups is 1. The number of H-pyrrole nitrogens is 1. The number of aromatic nitrogens is 2. The first kappa shape index (κ1) is 22.2. The van der Waals surface area contributed by atoms with Crippen LogP contribution in [-0.4, -0.2) is 25.9 Å². The fourth-order valence-corrected chi connectivity index (χ4v) is 6.25. The first-order chi connectivity index (χ1) is 16.5. The predicted octanol–water partition coefficient (Wildman–Crippen LogP) is 4.63. The van der Waals surface area contributed by atoms with Crippen LogP contribution in [-0.2, 0) is 11.3 Å². The van der Waals surface area contributed by atoms with Crippen molar-refractivity contribution >= 4 is 28.6 Å². The molecule has 0 spiro atoms. The Labute approximate surface area is 200 Å². The van der Waals surface area contributed by atoms with E-state index in [-0.39, 0.29) is 23.3 Å². The lowest BCUT2D eigenvalue weighted by atomic mass is 9.96. The molecule has 0 radical (unpaired) electrons. The van der Waals surface area contributed by atoms with E-state index in [1.165, 1.54) is 0 Å². The van der Waals surface area contributed by atoms with E-state index in [0.29, 0.717) is 23.7 Å². The minimum absolute atomic E-state index is 0.0972. The van der Waals surface area contributed by atoms with Gasteiger partial charge in [-0.05, 0) is 54.2 Å². The number of benzene rings is 3. The van der Waals surface area contributed by atoms with E-state index < -0.39 is 17.6 Å². The van der Waals surface area contributed by atoms with Crippen LogP contribution in [0.2, 0.25) is 0 Å². The lowest BCUT2D eigenvalue weighted by molar-refractivity contribution is -0.142. The van der Waals surface area contributed by atoms with Crippen molar-refractivity contribution < 1.29 is 9.90 Å². The Morgan fingerprint density at radius 1 is 0.912 bits per heavy atom. The van der Waals surface area contributed by atoms with Gasteiger partial charge in [0.2, 0.25) is 0 Å². The maximum Gasteiger partial charge on any atom is 0.328 e. The van der Waals surface area contributed by atoms with Crippen LogP contribution in [0, 0.1) is 11.8 Å².